The van der Waals surface area contributed by atoms with Gasteiger partial charge in [0.2, 0.25) is 6.10 Å². The Kier molecular flexibility index (Phi) is 6.49. The van der Waals surface area contributed by atoms with E-state index in [0.717, 1.165) is 3.39 Å². The van der Waals surface area contributed by atoms with Crippen LogP contribution in [0.4, 0.5) is 0 Å². The van der Waals surface area contributed by atoms with Crippen LogP contribution in [0.2, 0.25) is 0 Å². The Morgan fingerprint density at radius 1 is 1.07 bits per heavy atom. The number of esters is 1. The molecule has 1 N–H and O–H groups in total. The number of rotatable bonds is 7. The predicted molar refractivity (Wildman–Crippen MR) is 116 cm³/mol. The SMILES string of the molecule is CC1(C)[C@H](C(=O)O[C@H](C(=O)O)c2cccc(Oc3ccccc3)c2)[C@@H]1C=C(Br)Br. The lowest BCUT2D eigenvalue weighted by atomic mass is 10.1. The van der Waals surface area contributed by atoms with Crippen molar-refractivity contribution in [1.82, 2.24) is 0 Å². The molecule has 1 saturated carbocycles. The van der Waals surface area contributed by atoms with E-state index in [2.05, 4.69) is 31.9 Å². The standard InChI is InChI=1S/C22H20Br2O5/c1-22(2)16(12-17(23)24)18(22)21(27)29-19(20(25)26)13-7-6-10-15(11-13)28-14-8-4-3-5-9-14/h3-12,16,18-19H,1-2H3,(H,25,26)/t16-,18-,19-/m0/s1. The van der Waals surface area contributed by atoms with Gasteiger partial charge in [-0.2, -0.15) is 0 Å². The number of aliphatic carboxylic acids is 1. The fraction of sp³-hybridized carbons (Fsp3) is 0.273. The fourth-order valence-electron chi connectivity index (χ4n) is 3.39. The number of para-hydroxylation sites is 1. The minimum absolute atomic E-state index is 0.0362. The summed E-state index contributed by atoms with van der Waals surface area (Å²) in [6.45, 7) is 3.90. The van der Waals surface area contributed by atoms with E-state index in [4.69, 9.17) is 9.47 Å². The van der Waals surface area contributed by atoms with E-state index in [9.17, 15) is 14.7 Å². The third-order valence-corrected chi connectivity index (χ3v) is 5.60. The van der Waals surface area contributed by atoms with Crippen LogP contribution < -0.4 is 4.74 Å². The van der Waals surface area contributed by atoms with Crippen molar-refractivity contribution in [1.29, 1.82) is 0 Å². The Morgan fingerprint density at radius 2 is 1.72 bits per heavy atom. The second kappa shape index (κ2) is 8.71. The summed E-state index contributed by atoms with van der Waals surface area (Å²) < 4.78 is 11.9. The fourth-order valence-corrected chi connectivity index (χ4v) is 3.96. The lowest BCUT2D eigenvalue weighted by Crippen LogP contribution is -2.21. The largest absolute Gasteiger partial charge is 0.478 e. The van der Waals surface area contributed by atoms with Gasteiger partial charge >= 0.3 is 11.9 Å². The molecule has 152 valence electrons. The average Bonchev–Trinajstić information content (AvgIpc) is 3.19. The third kappa shape index (κ3) is 5.08. The second-order valence-corrected chi connectivity index (χ2v) is 10.2. The zero-order chi connectivity index (χ0) is 21.2. The van der Waals surface area contributed by atoms with Gasteiger partial charge in [-0.3, -0.25) is 4.79 Å². The molecule has 29 heavy (non-hydrogen) atoms. The summed E-state index contributed by atoms with van der Waals surface area (Å²) in [6, 6.07) is 15.7. The lowest BCUT2D eigenvalue weighted by Gasteiger charge is -2.16. The van der Waals surface area contributed by atoms with Crippen LogP contribution in [0.3, 0.4) is 0 Å². The highest BCUT2D eigenvalue weighted by Crippen LogP contribution is 2.60. The number of benzene rings is 2. The van der Waals surface area contributed by atoms with E-state index in [-0.39, 0.29) is 11.3 Å². The predicted octanol–water partition coefficient (Wildman–Crippen LogP) is 6.05. The van der Waals surface area contributed by atoms with Crippen molar-refractivity contribution in [2.24, 2.45) is 17.3 Å². The summed E-state index contributed by atoms with van der Waals surface area (Å²) in [5, 5.41) is 9.65. The summed E-state index contributed by atoms with van der Waals surface area (Å²) in [7, 11) is 0. The number of carbonyl (C=O) groups is 2. The molecule has 1 aliphatic carbocycles. The molecule has 0 aromatic heterocycles. The molecular weight excluding hydrogens is 504 g/mol. The van der Waals surface area contributed by atoms with Gasteiger partial charge in [0.25, 0.3) is 0 Å². The van der Waals surface area contributed by atoms with Crippen molar-refractivity contribution in [3.8, 4) is 11.5 Å². The molecule has 0 bridgehead atoms. The van der Waals surface area contributed by atoms with E-state index in [1.165, 1.54) is 0 Å². The van der Waals surface area contributed by atoms with Crippen molar-refractivity contribution in [3.63, 3.8) is 0 Å². The van der Waals surface area contributed by atoms with Crippen molar-refractivity contribution in [3.05, 3.63) is 69.6 Å². The first kappa shape index (κ1) is 21.6. The molecule has 0 radical (unpaired) electrons. The molecule has 3 atom stereocenters. The molecule has 0 amide bonds. The Balaban J connectivity index is 1.77. The molecule has 0 heterocycles. The maximum absolute atomic E-state index is 12.7. The van der Waals surface area contributed by atoms with Crippen LogP contribution in [0.25, 0.3) is 0 Å². The molecule has 1 aliphatic rings. The van der Waals surface area contributed by atoms with Gasteiger partial charge in [-0.05, 0) is 67.5 Å². The van der Waals surface area contributed by atoms with E-state index < -0.39 is 24.0 Å². The van der Waals surface area contributed by atoms with Gasteiger partial charge in [-0.1, -0.05) is 50.3 Å². The van der Waals surface area contributed by atoms with Gasteiger partial charge in [0, 0.05) is 5.56 Å². The maximum atomic E-state index is 12.7. The summed E-state index contributed by atoms with van der Waals surface area (Å²) in [4.78, 5) is 24.5. The summed E-state index contributed by atoms with van der Waals surface area (Å²) >= 11 is 6.61. The molecule has 0 unspecified atom stereocenters. The van der Waals surface area contributed by atoms with Gasteiger partial charge in [-0.15, -0.1) is 0 Å². The second-order valence-electron chi connectivity index (χ2n) is 7.42. The van der Waals surface area contributed by atoms with E-state index in [1.54, 1.807) is 36.4 Å². The first-order valence-electron chi connectivity index (χ1n) is 8.99. The zero-order valence-electron chi connectivity index (χ0n) is 15.8. The number of carbonyl (C=O) groups excluding carboxylic acids is 1. The molecule has 5 nitrogen and oxygen atoms in total. The minimum Gasteiger partial charge on any atom is -0.478 e. The van der Waals surface area contributed by atoms with Crippen LogP contribution in [0.5, 0.6) is 11.5 Å². The number of carboxylic acid groups (broad SMARTS) is 1. The first-order chi connectivity index (χ1) is 13.7. The topological polar surface area (TPSA) is 72.8 Å². The number of allylic oxidation sites excluding steroid dienone is 1. The summed E-state index contributed by atoms with van der Waals surface area (Å²) in [5.41, 5.74) is 0.0390. The van der Waals surface area contributed by atoms with E-state index in [0.29, 0.717) is 17.1 Å². The summed E-state index contributed by atoms with van der Waals surface area (Å²) in [5.74, 6) is -1.11. The van der Waals surface area contributed by atoms with Gasteiger partial charge in [0.15, 0.2) is 0 Å². The van der Waals surface area contributed by atoms with Crippen molar-refractivity contribution < 1.29 is 24.2 Å². The Morgan fingerprint density at radius 3 is 2.34 bits per heavy atom. The molecule has 2 aromatic carbocycles. The smallest absolute Gasteiger partial charge is 0.349 e. The molecule has 1 fully saturated rings. The number of halogens is 2. The quantitative estimate of drug-likeness (QED) is 0.447. The minimum atomic E-state index is -1.41. The highest BCUT2D eigenvalue weighted by molar-refractivity contribution is 9.28. The monoisotopic (exact) mass is 522 g/mol. The highest BCUT2D eigenvalue weighted by atomic mass is 79.9. The van der Waals surface area contributed by atoms with Crippen molar-refractivity contribution >= 4 is 43.8 Å². The van der Waals surface area contributed by atoms with Gasteiger partial charge in [0.05, 0.1) is 9.31 Å². The van der Waals surface area contributed by atoms with Crippen molar-refractivity contribution in [2.75, 3.05) is 0 Å². The molecular formula is C22H20Br2O5. The Bertz CT molecular complexity index is 935. The molecule has 0 aliphatic heterocycles. The Hall–Kier alpha value is -2.12. The number of hydrogen-bond acceptors (Lipinski definition) is 4. The van der Waals surface area contributed by atoms with Crippen molar-refractivity contribution in [2.45, 2.75) is 20.0 Å². The molecule has 7 heteroatoms. The normalized spacial score (nSPS) is 20.3. The first-order valence-corrected chi connectivity index (χ1v) is 10.6. The number of carboxylic acids is 1. The van der Waals surface area contributed by atoms with Gasteiger partial charge in [0.1, 0.15) is 11.5 Å². The molecule has 2 aromatic rings. The van der Waals surface area contributed by atoms with E-state index in [1.807, 2.05) is 38.1 Å². The van der Waals surface area contributed by atoms with Gasteiger partial charge < -0.3 is 14.6 Å². The van der Waals surface area contributed by atoms with E-state index >= 15 is 0 Å². The third-order valence-electron chi connectivity index (χ3n) is 5.07. The number of ether oxygens (including phenoxy) is 2. The summed E-state index contributed by atoms with van der Waals surface area (Å²) in [6.07, 6.45) is 0.478. The van der Waals surface area contributed by atoms with Crippen LogP contribution in [-0.2, 0) is 14.3 Å². The molecule has 0 spiro atoms. The van der Waals surface area contributed by atoms with Crippen LogP contribution in [0, 0.1) is 17.3 Å². The average molecular weight is 524 g/mol. The zero-order valence-corrected chi connectivity index (χ0v) is 19.0. The lowest BCUT2D eigenvalue weighted by molar-refractivity contribution is -0.166. The van der Waals surface area contributed by atoms with Gasteiger partial charge in [-0.25, -0.2) is 4.79 Å². The van der Waals surface area contributed by atoms with Crippen LogP contribution in [0.15, 0.2) is 64.1 Å². The van der Waals surface area contributed by atoms with Crippen LogP contribution in [-0.4, -0.2) is 17.0 Å². The maximum Gasteiger partial charge on any atom is 0.349 e. The van der Waals surface area contributed by atoms with Crippen LogP contribution in [0.1, 0.15) is 25.5 Å². The molecule has 0 saturated heterocycles. The number of hydrogen-bond donors (Lipinski definition) is 1. The highest BCUT2D eigenvalue weighted by Gasteiger charge is 2.62. The Labute approximate surface area is 186 Å². The van der Waals surface area contributed by atoms with Crippen LogP contribution >= 0.6 is 31.9 Å². The molecule has 3 rings (SSSR count).